The number of nitrogens with zero attached hydrogens (tertiary/aromatic N) is 1. The lowest BCUT2D eigenvalue weighted by molar-refractivity contribution is 0.0459. The zero-order valence-corrected chi connectivity index (χ0v) is 7.82. The fourth-order valence-corrected chi connectivity index (χ4v) is 1.93. The summed E-state index contributed by atoms with van der Waals surface area (Å²) in [5, 5.41) is 9.21. The zero-order valence-electron chi connectivity index (χ0n) is 7.82. The number of aliphatic hydroxyl groups is 1. The lowest BCUT2D eigenvalue weighted by Crippen LogP contribution is -2.54. The minimum Gasteiger partial charge on any atom is -0.447 e. The molecule has 4 nitrogen and oxygen atoms in total. The van der Waals surface area contributed by atoms with Gasteiger partial charge in [-0.2, -0.15) is 0 Å². The number of aliphatic hydroxyl groups excluding tert-OH is 1. The Morgan fingerprint density at radius 3 is 2.85 bits per heavy atom. The van der Waals surface area contributed by atoms with Gasteiger partial charge >= 0.3 is 6.09 Å². The molecule has 0 radical (unpaired) electrons. The molecule has 1 aliphatic carbocycles. The van der Waals surface area contributed by atoms with Crippen LogP contribution in [0.4, 0.5) is 4.79 Å². The largest absolute Gasteiger partial charge is 0.447 e. The average Bonchev–Trinajstić information content (AvgIpc) is 2.31. The Morgan fingerprint density at radius 2 is 2.38 bits per heavy atom. The van der Waals surface area contributed by atoms with E-state index < -0.39 is 5.54 Å². The third-order valence-corrected chi connectivity index (χ3v) is 3.07. The number of carbonyl (C=O) groups is 1. The monoisotopic (exact) mass is 185 g/mol. The summed E-state index contributed by atoms with van der Waals surface area (Å²) >= 11 is 0. The van der Waals surface area contributed by atoms with Crippen LogP contribution in [-0.4, -0.2) is 40.9 Å². The molecular weight excluding hydrogens is 170 g/mol. The zero-order chi connectivity index (χ0) is 9.47. The molecule has 1 amide bonds. The third-order valence-electron chi connectivity index (χ3n) is 3.07. The lowest BCUT2D eigenvalue weighted by Gasteiger charge is -2.41. The first-order valence-corrected chi connectivity index (χ1v) is 4.74. The van der Waals surface area contributed by atoms with E-state index in [1.54, 1.807) is 4.90 Å². The summed E-state index contributed by atoms with van der Waals surface area (Å²) < 4.78 is 4.96. The predicted molar refractivity (Wildman–Crippen MR) is 46.3 cm³/mol. The van der Waals surface area contributed by atoms with Crippen LogP contribution in [0, 0.1) is 0 Å². The van der Waals surface area contributed by atoms with Gasteiger partial charge in [-0.25, -0.2) is 4.79 Å². The molecule has 13 heavy (non-hydrogen) atoms. The number of rotatable bonds is 2. The second kappa shape index (κ2) is 2.87. The van der Waals surface area contributed by atoms with Gasteiger partial charge in [-0.3, -0.25) is 4.90 Å². The van der Waals surface area contributed by atoms with Gasteiger partial charge < -0.3 is 9.84 Å². The van der Waals surface area contributed by atoms with Crippen LogP contribution in [0.1, 0.15) is 26.2 Å². The van der Waals surface area contributed by atoms with Gasteiger partial charge in [0.25, 0.3) is 0 Å². The summed E-state index contributed by atoms with van der Waals surface area (Å²) in [7, 11) is 0. The number of amides is 1. The first-order valence-electron chi connectivity index (χ1n) is 4.74. The highest BCUT2D eigenvalue weighted by Gasteiger charge is 2.48. The molecule has 2 fully saturated rings. The van der Waals surface area contributed by atoms with Crippen molar-refractivity contribution in [3.63, 3.8) is 0 Å². The maximum atomic E-state index is 11.4. The summed E-state index contributed by atoms with van der Waals surface area (Å²) in [4.78, 5) is 13.1. The van der Waals surface area contributed by atoms with Crippen molar-refractivity contribution in [1.82, 2.24) is 4.90 Å². The molecule has 0 aromatic heterocycles. The van der Waals surface area contributed by atoms with Crippen LogP contribution in [0.25, 0.3) is 0 Å². The van der Waals surface area contributed by atoms with Crippen LogP contribution in [0.5, 0.6) is 0 Å². The molecule has 0 aromatic rings. The van der Waals surface area contributed by atoms with Crippen LogP contribution in [0.15, 0.2) is 0 Å². The molecule has 2 rings (SSSR count). The lowest BCUT2D eigenvalue weighted by atomic mass is 9.88. The number of cyclic esters (lactones) is 1. The molecular formula is C9H15NO3. The normalized spacial score (nSPS) is 34.6. The quantitative estimate of drug-likeness (QED) is 0.690. The first kappa shape index (κ1) is 8.81. The average molecular weight is 185 g/mol. The highest BCUT2D eigenvalue weighted by atomic mass is 16.6. The van der Waals surface area contributed by atoms with Crippen molar-refractivity contribution in [1.29, 1.82) is 0 Å². The molecule has 1 N–H and O–H groups in total. The number of ether oxygens (including phenoxy) is 1. The number of hydrogen-bond donors (Lipinski definition) is 1. The van der Waals surface area contributed by atoms with Gasteiger partial charge in [-0.15, -0.1) is 0 Å². The van der Waals surface area contributed by atoms with E-state index in [-0.39, 0.29) is 12.7 Å². The van der Waals surface area contributed by atoms with E-state index in [4.69, 9.17) is 4.74 Å². The van der Waals surface area contributed by atoms with Gasteiger partial charge in [0.05, 0.1) is 6.61 Å². The molecule has 1 atom stereocenters. The molecule has 0 spiro atoms. The molecule has 74 valence electrons. The summed E-state index contributed by atoms with van der Waals surface area (Å²) in [6, 6.07) is 0.298. The second-order valence-corrected chi connectivity index (χ2v) is 4.16. The van der Waals surface area contributed by atoms with Crippen LogP contribution in [0.2, 0.25) is 0 Å². The molecule has 1 aliphatic heterocycles. The molecule has 1 saturated carbocycles. The van der Waals surface area contributed by atoms with Crippen molar-refractivity contribution < 1.29 is 14.6 Å². The smallest absolute Gasteiger partial charge is 0.410 e. The van der Waals surface area contributed by atoms with Crippen molar-refractivity contribution >= 4 is 6.09 Å². The standard InChI is InChI=1S/C9H15NO3/c1-9(5-11)6-13-8(12)10(9)7-3-2-4-7/h7,11H,2-6H2,1H3. The molecule has 2 aliphatic rings. The summed E-state index contributed by atoms with van der Waals surface area (Å²) in [5.41, 5.74) is -0.484. The third kappa shape index (κ3) is 1.20. The van der Waals surface area contributed by atoms with Crippen molar-refractivity contribution in [2.75, 3.05) is 13.2 Å². The number of hydrogen-bond acceptors (Lipinski definition) is 3. The summed E-state index contributed by atoms with van der Waals surface area (Å²) in [6.07, 6.45) is 3.01. The highest BCUT2D eigenvalue weighted by Crippen LogP contribution is 2.34. The SMILES string of the molecule is CC1(CO)COC(=O)N1C1CCC1. The van der Waals surface area contributed by atoms with Crippen molar-refractivity contribution in [3.8, 4) is 0 Å². The van der Waals surface area contributed by atoms with Crippen LogP contribution < -0.4 is 0 Å². The highest BCUT2D eigenvalue weighted by molar-refractivity contribution is 5.71. The topological polar surface area (TPSA) is 49.8 Å². The van der Waals surface area contributed by atoms with Crippen LogP contribution in [0.3, 0.4) is 0 Å². The van der Waals surface area contributed by atoms with Crippen molar-refractivity contribution in [2.24, 2.45) is 0 Å². The maximum absolute atomic E-state index is 11.4. The Bertz CT molecular complexity index is 227. The van der Waals surface area contributed by atoms with Gasteiger partial charge in [0.15, 0.2) is 0 Å². The van der Waals surface area contributed by atoms with Crippen LogP contribution in [-0.2, 0) is 4.74 Å². The molecule has 1 heterocycles. The van der Waals surface area contributed by atoms with E-state index in [1.165, 1.54) is 6.42 Å². The van der Waals surface area contributed by atoms with Gasteiger partial charge in [0.1, 0.15) is 12.1 Å². The Kier molecular flexibility index (Phi) is 1.95. The van der Waals surface area contributed by atoms with Gasteiger partial charge in [0, 0.05) is 6.04 Å². The molecule has 1 unspecified atom stereocenters. The maximum Gasteiger partial charge on any atom is 0.410 e. The van der Waals surface area contributed by atoms with Gasteiger partial charge in [-0.1, -0.05) is 0 Å². The molecule has 1 saturated heterocycles. The predicted octanol–water partition coefficient (Wildman–Crippen LogP) is 0.742. The fraction of sp³-hybridized carbons (Fsp3) is 0.889. The van der Waals surface area contributed by atoms with E-state index in [1.807, 2.05) is 6.92 Å². The summed E-state index contributed by atoms with van der Waals surface area (Å²) in [5.74, 6) is 0. The number of carbonyl (C=O) groups excluding carboxylic acids is 1. The Labute approximate surface area is 77.5 Å². The first-order chi connectivity index (χ1) is 6.17. The minimum atomic E-state index is -0.484. The van der Waals surface area contributed by atoms with E-state index in [9.17, 15) is 9.90 Å². The van der Waals surface area contributed by atoms with Crippen molar-refractivity contribution in [2.45, 2.75) is 37.8 Å². The van der Waals surface area contributed by atoms with E-state index in [0.29, 0.717) is 12.6 Å². The minimum absolute atomic E-state index is 0.0186. The molecule has 0 aromatic carbocycles. The molecule has 4 heteroatoms. The van der Waals surface area contributed by atoms with E-state index in [0.717, 1.165) is 12.8 Å². The van der Waals surface area contributed by atoms with Gasteiger partial charge in [0.2, 0.25) is 0 Å². The van der Waals surface area contributed by atoms with Crippen LogP contribution >= 0.6 is 0 Å². The second-order valence-electron chi connectivity index (χ2n) is 4.16. The molecule has 0 bridgehead atoms. The Balaban J connectivity index is 2.15. The van der Waals surface area contributed by atoms with E-state index in [2.05, 4.69) is 0 Å². The van der Waals surface area contributed by atoms with E-state index >= 15 is 0 Å². The summed E-state index contributed by atoms with van der Waals surface area (Å²) in [6.45, 7) is 2.17. The Morgan fingerprint density at radius 1 is 1.69 bits per heavy atom. The van der Waals surface area contributed by atoms with Crippen molar-refractivity contribution in [3.05, 3.63) is 0 Å². The fourth-order valence-electron chi connectivity index (χ4n) is 1.93. The Hall–Kier alpha value is -0.770. The van der Waals surface area contributed by atoms with Gasteiger partial charge in [-0.05, 0) is 26.2 Å².